The molecule has 4 aromatic rings. The molecule has 150 valence electrons. The first kappa shape index (κ1) is 20.9. The molecule has 0 aromatic heterocycles. The van der Waals surface area contributed by atoms with Gasteiger partial charge < -0.3 is 0 Å². The molecule has 30 heavy (non-hydrogen) atoms. The second-order valence-electron chi connectivity index (χ2n) is 8.57. The molecular weight excluding hydrogens is 467 g/mol. The molecule has 0 heterocycles. The molecule has 1 unspecified atom stereocenters. The van der Waals surface area contributed by atoms with Crippen LogP contribution in [0.15, 0.2) is 121 Å². The summed E-state index contributed by atoms with van der Waals surface area (Å²) in [5, 5.41) is 0. The fraction of sp³-hybridized carbons (Fsp3) is 0.172. The van der Waals surface area contributed by atoms with Gasteiger partial charge in [-0.15, -0.1) is 0 Å². The Morgan fingerprint density at radius 1 is 0.500 bits per heavy atom. The van der Waals surface area contributed by atoms with Crippen LogP contribution >= 0.6 is 0 Å². The zero-order chi connectivity index (χ0) is 21.0. The molecular formula is C29H30Sn. The summed E-state index contributed by atoms with van der Waals surface area (Å²) in [6.45, 7) is 4.90. The summed E-state index contributed by atoms with van der Waals surface area (Å²) < 4.78 is 2.04. The van der Waals surface area contributed by atoms with E-state index < -0.39 is 18.4 Å². The van der Waals surface area contributed by atoms with Gasteiger partial charge in [0.15, 0.2) is 0 Å². The van der Waals surface area contributed by atoms with Crippen molar-refractivity contribution >= 4 is 22.0 Å². The van der Waals surface area contributed by atoms with Crippen LogP contribution < -0.4 is 3.58 Å². The monoisotopic (exact) mass is 498 g/mol. The van der Waals surface area contributed by atoms with Crippen LogP contribution in [0.1, 0.15) is 30.5 Å². The molecule has 4 rings (SSSR count). The molecule has 0 N–H and O–H groups in total. The molecule has 0 radical (unpaired) electrons. The minimum atomic E-state index is -3.24. The van der Waals surface area contributed by atoms with E-state index in [1.807, 2.05) is 0 Å². The zero-order valence-electron chi connectivity index (χ0n) is 18.1. The van der Waals surface area contributed by atoms with Gasteiger partial charge in [-0.05, 0) is 0 Å². The van der Waals surface area contributed by atoms with Gasteiger partial charge in [0.05, 0.1) is 0 Å². The summed E-state index contributed by atoms with van der Waals surface area (Å²) in [6.07, 6.45) is 0. The maximum atomic E-state index is 2.65. The molecule has 0 aliphatic rings. The van der Waals surface area contributed by atoms with Crippen LogP contribution in [0.5, 0.6) is 0 Å². The van der Waals surface area contributed by atoms with Gasteiger partial charge in [0.25, 0.3) is 0 Å². The molecule has 0 amide bonds. The quantitative estimate of drug-likeness (QED) is 0.200. The third-order valence-corrected chi connectivity index (χ3v) is 24.8. The van der Waals surface area contributed by atoms with Gasteiger partial charge in [0.1, 0.15) is 0 Å². The van der Waals surface area contributed by atoms with E-state index in [9.17, 15) is 0 Å². The first-order valence-electron chi connectivity index (χ1n) is 10.8. The molecule has 0 bridgehead atoms. The third kappa shape index (κ3) is 3.32. The van der Waals surface area contributed by atoms with Crippen molar-refractivity contribution in [2.75, 3.05) is 0 Å². The van der Waals surface area contributed by atoms with E-state index in [2.05, 4.69) is 140 Å². The molecule has 0 nitrogen and oxygen atoms in total. The van der Waals surface area contributed by atoms with E-state index >= 15 is 0 Å². The fourth-order valence-corrected chi connectivity index (χ4v) is 19.9. The summed E-state index contributed by atoms with van der Waals surface area (Å²) in [6, 6.07) is 45.1. The Labute approximate surface area is 185 Å². The summed E-state index contributed by atoms with van der Waals surface area (Å²) in [4.78, 5) is 2.65. The van der Waals surface area contributed by atoms with Gasteiger partial charge >= 0.3 is 186 Å². The number of benzene rings is 4. The topological polar surface area (TPSA) is 0 Å². The van der Waals surface area contributed by atoms with E-state index in [0.717, 1.165) is 0 Å². The Morgan fingerprint density at radius 3 is 1.10 bits per heavy atom. The predicted octanol–water partition coefficient (Wildman–Crippen LogP) is 6.96. The van der Waals surface area contributed by atoms with Crippen LogP contribution in [0.25, 0.3) is 0 Å². The molecule has 0 saturated carbocycles. The van der Waals surface area contributed by atoms with E-state index in [1.165, 1.54) is 16.7 Å². The number of hydrogen-bond acceptors (Lipinski definition) is 0. The van der Waals surface area contributed by atoms with Crippen LogP contribution in [0.2, 0.25) is 8.87 Å². The van der Waals surface area contributed by atoms with E-state index in [1.54, 1.807) is 3.58 Å². The first-order chi connectivity index (χ1) is 14.6. The predicted molar refractivity (Wildman–Crippen MR) is 132 cm³/mol. The zero-order valence-corrected chi connectivity index (χ0v) is 21.0. The van der Waals surface area contributed by atoms with Crippen molar-refractivity contribution in [3.8, 4) is 0 Å². The maximum absolute atomic E-state index is 3.24. The van der Waals surface area contributed by atoms with Crippen molar-refractivity contribution in [2.24, 2.45) is 0 Å². The first-order valence-corrected chi connectivity index (χ1v) is 18.2. The summed E-state index contributed by atoms with van der Waals surface area (Å²) in [7, 11) is 0. The number of hydrogen-bond donors (Lipinski definition) is 0. The van der Waals surface area contributed by atoms with Crippen LogP contribution in [-0.4, -0.2) is 18.4 Å². The van der Waals surface area contributed by atoms with Crippen molar-refractivity contribution in [3.63, 3.8) is 0 Å². The fourth-order valence-electron chi connectivity index (χ4n) is 5.23. The summed E-state index contributed by atoms with van der Waals surface area (Å²) in [5.74, 6) is 0. The molecule has 0 fully saturated rings. The standard InChI is InChI=1S/C19H15.C6H5.C3H7.CH3.Sn/c1-4-10-16(11-5-1)19(17-12-6-2-7-13-17)18-14-8-3-9-15-18;1-2-4-6-5-3-1;1-3-2;;/h1-15H;1-5H;3H,1-2H3;1H3;. The molecule has 0 spiro atoms. The van der Waals surface area contributed by atoms with Crippen LogP contribution in [0.4, 0.5) is 0 Å². The van der Waals surface area contributed by atoms with Gasteiger partial charge in [0.2, 0.25) is 0 Å². The SMILES string of the molecule is C[CH](C)[Sn]([CH3])([c]1ccccc1)[C](c1ccccc1)(c1ccccc1)c1ccccc1. The Kier molecular flexibility index (Phi) is 6.15. The Bertz CT molecular complexity index is 960. The van der Waals surface area contributed by atoms with Crippen LogP contribution in [0, 0.1) is 0 Å². The van der Waals surface area contributed by atoms with E-state index in [0.29, 0.717) is 3.93 Å². The molecule has 0 aliphatic heterocycles. The molecule has 4 aromatic carbocycles. The Morgan fingerprint density at radius 2 is 0.800 bits per heavy atom. The van der Waals surface area contributed by atoms with Crippen molar-refractivity contribution < 1.29 is 0 Å². The minimum absolute atomic E-state index is 0.131. The van der Waals surface area contributed by atoms with Gasteiger partial charge in [-0.25, -0.2) is 0 Å². The van der Waals surface area contributed by atoms with Crippen molar-refractivity contribution in [3.05, 3.63) is 138 Å². The molecule has 0 aliphatic carbocycles. The average Bonchev–Trinajstić information content (AvgIpc) is 2.82. The Hall–Kier alpha value is -2.32. The molecule has 0 saturated heterocycles. The molecule has 1 atom stereocenters. The van der Waals surface area contributed by atoms with Gasteiger partial charge in [0, 0.05) is 0 Å². The van der Waals surface area contributed by atoms with Gasteiger partial charge in [-0.2, -0.15) is 0 Å². The van der Waals surface area contributed by atoms with Crippen LogP contribution in [0.3, 0.4) is 0 Å². The van der Waals surface area contributed by atoms with Gasteiger partial charge in [-0.1, -0.05) is 0 Å². The van der Waals surface area contributed by atoms with Crippen LogP contribution in [-0.2, 0) is 3.43 Å². The van der Waals surface area contributed by atoms with E-state index in [-0.39, 0.29) is 3.43 Å². The normalized spacial score (nSPS) is 13.7. The van der Waals surface area contributed by atoms with Crippen molar-refractivity contribution in [2.45, 2.75) is 26.2 Å². The van der Waals surface area contributed by atoms with Crippen molar-refractivity contribution in [1.82, 2.24) is 0 Å². The Balaban J connectivity index is 2.20. The third-order valence-electron chi connectivity index (χ3n) is 6.93. The average molecular weight is 497 g/mol. The summed E-state index contributed by atoms with van der Waals surface area (Å²) in [5.41, 5.74) is 4.25. The summed E-state index contributed by atoms with van der Waals surface area (Å²) >= 11 is -3.24. The second kappa shape index (κ2) is 8.81. The van der Waals surface area contributed by atoms with Gasteiger partial charge in [-0.3, -0.25) is 0 Å². The number of rotatable bonds is 6. The van der Waals surface area contributed by atoms with E-state index in [4.69, 9.17) is 0 Å². The molecule has 1 heteroatoms. The van der Waals surface area contributed by atoms with Crippen molar-refractivity contribution in [1.29, 1.82) is 0 Å². The second-order valence-corrected chi connectivity index (χ2v) is 22.5.